The Hall–Kier alpha value is -3.38. The number of halogens is 1. The fourth-order valence-corrected chi connectivity index (χ4v) is 3.85. The average Bonchev–Trinajstić information content (AvgIpc) is 3.06. The van der Waals surface area contributed by atoms with E-state index in [1.54, 1.807) is 10.7 Å². The number of rotatable bonds is 5. The van der Waals surface area contributed by atoms with Crippen molar-refractivity contribution >= 4 is 17.7 Å². The number of carbonyl (C=O) groups is 1. The lowest BCUT2D eigenvalue weighted by Crippen LogP contribution is -2.13. The Bertz CT molecular complexity index is 1190. The summed E-state index contributed by atoms with van der Waals surface area (Å²) >= 11 is 1.45. The number of carbonyl (C=O) groups excluding carboxylic acids is 1. The van der Waals surface area contributed by atoms with E-state index in [1.165, 1.54) is 30.0 Å². The number of aromatic nitrogens is 2. The molecule has 0 radical (unpaired) electrons. The molecule has 3 aromatic carbocycles. The standard InChI is InChI=1S/C24H19FN2O2S/c1-16-12-14-19(15-13-16)30-22-17(2)26-27(18-8-4-3-5-9-18)23(22)29-24(28)20-10-6-7-11-21(20)25/h3-15H,1-2H3. The van der Waals surface area contributed by atoms with Gasteiger partial charge in [0.25, 0.3) is 0 Å². The molecule has 1 aromatic heterocycles. The van der Waals surface area contributed by atoms with Gasteiger partial charge in [-0.15, -0.1) is 0 Å². The van der Waals surface area contributed by atoms with Crippen LogP contribution in [0.5, 0.6) is 5.88 Å². The fraction of sp³-hybridized carbons (Fsp3) is 0.0833. The van der Waals surface area contributed by atoms with Crippen molar-refractivity contribution in [1.29, 1.82) is 0 Å². The quantitative estimate of drug-likeness (QED) is 0.373. The second-order valence-electron chi connectivity index (χ2n) is 6.75. The van der Waals surface area contributed by atoms with Gasteiger partial charge in [-0.05, 0) is 50.2 Å². The molecular weight excluding hydrogens is 399 g/mol. The van der Waals surface area contributed by atoms with Gasteiger partial charge in [-0.1, -0.05) is 59.8 Å². The molecule has 0 bridgehead atoms. The van der Waals surface area contributed by atoms with Crippen LogP contribution in [0.25, 0.3) is 5.69 Å². The first-order valence-corrected chi connectivity index (χ1v) is 10.2. The van der Waals surface area contributed by atoms with Crippen LogP contribution in [0, 0.1) is 19.7 Å². The first-order chi connectivity index (χ1) is 14.5. The maximum absolute atomic E-state index is 14.1. The van der Waals surface area contributed by atoms with Crippen molar-refractivity contribution in [3.63, 3.8) is 0 Å². The summed E-state index contributed by atoms with van der Waals surface area (Å²) in [7, 11) is 0. The first-order valence-electron chi connectivity index (χ1n) is 9.39. The van der Waals surface area contributed by atoms with Crippen LogP contribution in [-0.2, 0) is 0 Å². The van der Waals surface area contributed by atoms with Gasteiger partial charge in [-0.3, -0.25) is 0 Å². The molecule has 30 heavy (non-hydrogen) atoms. The molecule has 4 nitrogen and oxygen atoms in total. The monoisotopic (exact) mass is 418 g/mol. The van der Waals surface area contributed by atoms with Crippen molar-refractivity contribution in [3.05, 3.63) is 102 Å². The molecule has 0 unspecified atom stereocenters. The molecule has 0 atom stereocenters. The third kappa shape index (κ3) is 4.14. The van der Waals surface area contributed by atoms with Gasteiger partial charge in [0.1, 0.15) is 5.82 Å². The van der Waals surface area contributed by atoms with Gasteiger partial charge in [0.2, 0.25) is 5.88 Å². The number of hydrogen-bond donors (Lipinski definition) is 0. The Morgan fingerprint density at radius 1 is 0.933 bits per heavy atom. The number of aryl methyl sites for hydroxylation is 2. The van der Waals surface area contributed by atoms with Crippen LogP contribution in [-0.4, -0.2) is 15.7 Å². The third-order valence-corrected chi connectivity index (χ3v) is 5.67. The van der Waals surface area contributed by atoms with Crippen LogP contribution in [0.15, 0.2) is 88.7 Å². The van der Waals surface area contributed by atoms with E-state index in [9.17, 15) is 9.18 Å². The highest BCUT2D eigenvalue weighted by atomic mass is 32.2. The van der Waals surface area contributed by atoms with Gasteiger partial charge in [-0.25, -0.2) is 9.18 Å². The summed E-state index contributed by atoms with van der Waals surface area (Å²) in [5.74, 6) is -1.13. The van der Waals surface area contributed by atoms with Crippen LogP contribution in [0.1, 0.15) is 21.6 Å². The SMILES string of the molecule is Cc1ccc(Sc2c(C)nn(-c3ccccc3)c2OC(=O)c2ccccc2F)cc1. The lowest BCUT2D eigenvalue weighted by Gasteiger charge is -2.10. The van der Waals surface area contributed by atoms with Gasteiger partial charge in [0.05, 0.1) is 21.8 Å². The second kappa shape index (κ2) is 8.55. The molecule has 0 spiro atoms. The van der Waals surface area contributed by atoms with Gasteiger partial charge in [0.15, 0.2) is 0 Å². The Balaban J connectivity index is 1.78. The molecular formula is C24H19FN2O2S. The molecule has 4 rings (SSSR count). The van der Waals surface area contributed by atoms with E-state index in [2.05, 4.69) is 5.10 Å². The molecule has 0 aliphatic rings. The summed E-state index contributed by atoms with van der Waals surface area (Å²) in [6, 6.07) is 23.2. The summed E-state index contributed by atoms with van der Waals surface area (Å²) in [4.78, 5) is 14.5. The van der Waals surface area contributed by atoms with Crippen molar-refractivity contribution in [2.45, 2.75) is 23.6 Å². The zero-order valence-corrected chi connectivity index (χ0v) is 17.3. The summed E-state index contributed by atoms with van der Waals surface area (Å²) in [6.45, 7) is 3.88. The van der Waals surface area contributed by atoms with Crippen molar-refractivity contribution in [1.82, 2.24) is 9.78 Å². The van der Waals surface area contributed by atoms with Crippen molar-refractivity contribution in [3.8, 4) is 11.6 Å². The van der Waals surface area contributed by atoms with Crippen LogP contribution >= 0.6 is 11.8 Å². The molecule has 0 aliphatic heterocycles. The van der Waals surface area contributed by atoms with Crippen LogP contribution in [0.4, 0.5) is 4.39 Å². The van der Waals surface area contributed by atoms with Gasteiger partial charge in [0, 0.05) is 4.90 Å². The van der Waals surface area contributed by atoms with Crippen LogP contribution in [0.3, 0.4) is 0 Å². The maximum atomic E-state index is 14.1. The van der Waals surface area contributed by atoms with E-state index in [4.69, 9.17) is 4.74 Å². The first kappa shape index (κ1) is 19.9. The highest BCUT2D eigenvalue weighted by Gasteiger charge is 2.23. The van der Waals surface area contributed by atoms with Crippen molar-refractivity contribution in [2.75, 3.05) is 0 Å². The van der Waals surface area contributed by atoms with Gasteiger partial charge < -0.3 is 4.74 Å². The Labute approximate surface area is 178 Å². The Morgan fingerprint density at radius 3 is 2.30 bits per heavy atom. The number of nitrogens with zero attached hydrogens (tertiary/aromatic N) is 2. The largest absolute Gasteiger partial charge is 0.402 e. The summed E-state index contributed by atoms with van der Waals surface area (Å²) in [5.41, 5.74) is 2.48. The van der Waals surface area contributed by atoms with Gasteiger partial charge >= 0.3 is 5.97 Å². The molecule has 4 aromatic rings. The highest BCUT2D eigenvalue weighted by molar-refractivity contribution is 7.99. The lowest BCUT2D eigenvalue weighted by atomic mass is 10.2. The number of ether oxygens (including phenoxy) is 1. The van der Waals surface area contributed by atoms with E-state index in [-0.39, 0.29) is 11.4 Å². The molecule has 0 saturated carbocycles. The smallest absolute Gasteiger partial charge is 0.347 e. The molecule has 6 heteroatoms. The topological polar surface area (TPSA) is 44.1 Å². The normalized spacial score (nSPS) is 10.8. The summed E-state index contributed by atoms with van der Waals surface area (Å²) < 4.78 is 21.4. The Kier molecular flexibility index (Phi) is 5.68. The van der Waals surface area contributed by atoms with Crippen molar-refractivity contribution < 1.29 is 13.9 Å². The van der Waals surface area contributed by atoms with Gasteiger partial charge in [-0.2, -0.15) is 9.78 Å². The summed E-state index contributed by atoms with van der Waals surface area (Å²) in [5, 5.41) is 4.59. The number of esters is 1. The zero-order chi connectivity index (χ0) is 21.1. The third-order valence-electron chi connectivity index (χ3n) is 4.49. The molecule has 1 heterocycles. The molecule has 0 N–H and O–H groups in total. The van der Waals surface area contributed by atoms with E-state index in [0.717, 1.165) is 16.1 Å². The minimum atomic E-state index is -0.768. The van der Waals surface area contributed by atoms with E-state index in [1.807, 2.05) is 68.4 Å². The highest BCUT2D eigenvalue weighted by Crippen LogP contribution is 2.39. The van der Waals surface area contributed by atoms with Crippen LogP contribution < -0.4 is 4.74 Å². The second-order valence-corrected chi connectivity index (χ2v) is 7.84. The van der Waals surface area contributed by atoms with Crippen LogP contribution in [0.2, 0.25) is 0 Å². The van der Waals surface area contributed by atoms with E-state index >= 15 is 0 Å². The molecule has 150 valence electrons. The number of hydrogen-bond acceptors (Lipinski definition) is 4. The molecule has 0 amide bonds. The van der Waals surface area contributed by atoms with E-state index in [0.29, 0.717) is 10.6 Å². The summed E-state index contributed by atoms with van der Waals surface area (Å²) in [6.07, 6.45) is 0. The Morgan fingerprint density at radius 2 is 1.60 bits per heavy atom. The minimum Gasteiger partial charge on any atom is -0.402 e. The lowest BCUT2D eigenvalue weighted by molar-refractivity contribution is 0.0713. The van der Waals surface area contributed by atoms with Crippen molar-refractivity contribution in [2.24, 2.45) is 0 Å². The average molecular weight is 418 g/mol. The zero-order valence-electron chi connectivity index (χ0n) is 16.5. The van der Waals surface area contributed by atoms with E-state index < -0.39 is 11.8 Å². The fourth-order valence-electron chi connectivity index (χ4n) is 2.94. The number of para-hydroxylation sites is 1. The molecule has 0 fully saturated rings. The molecule has 0 aliphatic carbocycles. The maximum Gasteiger partial charge on any atom is 0.347 e. The minimum absolute atomic E-state index is 0.123. The molecule has 0 saturated heterocycles. The number of benzene rings is 3. The predicted molar refractivity (Wildman–Crippen MR) is 115 cm³/mol. The predicted octanol–water partition coefficient (Wildman–Crippen LogP) is 6.00.